The van der Waals surface area contributed by atoms with Gasteiger partial charge in [-0.15, -0.1) is 0 Å². The normalized spacial score (nSPS) is 23.3. The molecule has 5 heteroatoms. The first kappa shape index (κ1) is 13.1. The van der Waals surface area contributed by atoms with Crippen LogP contribution in [0.5, 0.6) is 0 Å². The zero-order valence-corrected chi connectivity index (χ0v) is 10.5. The molecule has 0 spiro atoms. The van der Waals surface area contributed by atoms with Gasteiger partial charge in [0.25, 0.3) is 0 Å². The van der Waals surface area contributed by atoms with Crippen molar-refractivity contribution < 1.29 is 9.59 Å². The summed E-state index contributed by atoms with van der Waals surface area (Å²) in [4.78, 5) is 26.2. The van der Waals surface area contributed by atoms with Gasteiger partial charge >= 0.3 is 0 Å². The molecule has 0 radical (unpaired) electrons. The average Bonchev–Trinajstić information content (AvgIpc) is 2.43. The molecule has 92 valence electrons. The third-order valence-corrected chi connectivity index (χ3v) is 2.88. The van der Waals surface area contributed by atoms with Crippen molar-refractivity contribution in [3.05, 3.63) is 0 Å². The van der Waals surface area contributed by atoms with Crippen LogP contribution < -0.4 is 5.32 Å². The van der Waals surface area contributed by atoms with Gasteiger partial charge in [0.15, 0.2) is 0 Å². The molecule has 0 aliphatic carbocycles. The lowest BCUT2D eigenvalue weighted by atomic mass is 10.1. The molecule has 2 atom stereocenters. The number of nitrogens with one attached hydrogen (secondary N) is 1. The highest BCUT2D eigenvalue weighted by molar-refractivity contribution is 6.05. The molecule has 16 heavy (non-hydrogen) atoms. The van der Waals surface area contributed by atoms with Crippen molar-refractivity contribution in [1.82, 2.24) is 15.1 Å². The van der Waals surface area contributed by atoms with E-state index in [0.29, 0.717) is 6.42 Å². The van der Waals surface area contributed by atoms with Gasteiger partial charge < -0.3 is 10.2 Å². The maximum Gasteiger partial charge on any atom is 0.246 e. The van der Waals surface area contributed by atoms with Crippen molar-refractivity contribution >= 4 is 11.8 Å². The number of carbonyl (C=O) groups is 2. The van der Waals surface area contributed by atoms with Crippen LogP contribution >= 0.6 is 0 Å². The van der Waals surface area contributed by atoms with E-state index in [4.69, 9.17) is 0 Å². The first-order valence-electron chi connectivity index (χ1n) is 5.63. The fourth-order valence-corrected chi connectivity index (χ4v) is 1.76. The summed E-state index contributed by atoms with van der Waals surface area (Å²) in [6, 6.07) is -0.0784. The predicted octanol–water partition coefficient (Wildman–Crippen LogP) is -0.326. The molecule has 0 saturated carbocycles. The Kier molecular flexibility index (Phi) is 4.44. The number of amides is 2. The van der Waals surface area contributed by atoms with E-state index in [9.17, 15) is 9.59 Å². The van der Waals surface area contributed by atoms with Crippen molar-refractivity contribution in [2.45, 2.75) is 31.8 Å². The van der Waals surface area contributed by atoms with E-state index >= 15 is 0 Å². The summed E-state index contributed by atoms with van der Waals surface area (Å²) < 4.78 is 0. The predicted molar refractivity (Wildman–Crippen MR) is 62.0 cm³/mol. The molecule has 1 aliphatic heterocycles. The molecule has 1 rings (SSSR count). The van der Waals surface area contributed by atoms with Gasteiger partial charge in [-0.1, -0.05) is 0 Å². The molecule has 0 aromatic heterocycles. The highest BCUT2D eigenvalue weighted by atomic mass is 16.2. The highest BCUT2D eigenvalue weighted by Crippen LogP contribution is 2.11. The van der Waals surface area contributed by atoms with E-state index < -0.39 is 0 Å². The third kappa shape index (κ3) is 3.28. The van der Waals surface area contributed by atoms with E-state index in [0.717, 1.165) is 13.0 Å². The van der Waals surface area contributed by atoms with Crippen LogP contribution in [0.25, 0.3) is 0 Å². The van der Waals surface area contributed by atoms with Gasteiger partial charge in [0, 0.05) is 13.1 Å². The Hall–Kier alpha value is -0.940. The number of rotatable bonds is 5. The highest BCUT2D eigenvalue weighted by Gasteiger charge is 2.36. The minimum atomic E-state index is -0.324. The van der Waals surface area contributed by atoms with Crippen LogP contribution in [-0.4, -0.2) is 61.4 Å². The molecule has 1 aliphatic rings. The quantitative estimate of drug-likeness (QED) is 0.654. The number of carbonyl (C=O) groups excluding carboxylic acids is 2. The van der Waals surface area contributed by atoms with Crippen LogP contribution in [0.2, 0.25) is 0 Å². The average molecular weight is 227 g/mol. The van der Waals surface area contributed by atoms with Crippen molar-refractivity contribution in [3.8, 4) is 0 Å². The molecular formula is C11H21N3O2. The molecule has 1 fully saturated rings. The largest absolute Gasteiger partial charge is 0.309 e. The standard InChI is InChI=1S/C11H21N3O2/c1-8(5-6-13(2)3)12-9-7-10(15)14(4)11(9)16/h8-9,12H,5-7H2,1-4H3. The first-order chi connectivity index (χ1) is 7.41. The van der Waals surface area contributed by atoms with Crippen LogP contribution in [-0.2, 0) is 9.59 Å². The van der Waals surface area contributed by atoms with Crippen molar-refractivity contribution in [3.63, 3.8) is 0 Å². The van der Waals surface area contributed by atoms with Crippen molar-refractivity contribution in [1.29, 1.82) is 0 Å². The van der Waals surface area contributed by atoms with Gasteiger partial charge in [-0.3, -0.25) is 14.5 Å². The molecule has 0 aromatic rings. The SMILES string of the molecule is CC(CCN(C)C)NC1CC(=O)N(C)C1=O. The number of likely N-dealkylation sites (N-methyl/N-ethyl adjacent to an activating group) is 1. The summed E-state index contributed by atoms with van der Waals surface area (Å²) in [5.41, 5.74) is 0. The second kappa shape index (κ2) is 5.41. The second-order valence-electron chi connectivity index (χ2n) is 4.71. The summed E-state index contributed by atoms with van der Waals surface area (Å²) in [5, 5.41) is 3.21. The summed E-state index contributed by atoms with van der Waals surface area (Å²) in [5.74, 6) is -0.205. The number of nitrogens with zero attached hydrogens (tertiary/aromatic N) is 2. The van der Waals surface area contributed by atoms with E-state index in [-0.39, 0.29) is 23.9 Å². The van der Waals surface area contributed by atoms with Gasteiger partial charge in [0.05, 0.1) is 12.5 Å². The van der Waals surface area contributed by atoms with Gasteiger partial charge in [-0.05, 0) is 34.0 Å². The number of imide groups is 1. The molecule has 0 aromatic carbocycles. The second-order valence-corrected chi connectivity index (χ2v) is 4.71. The van der Waals surface area contributed by atoms with Gasteiger partial charge in [0.2, 0.25) is 11.8 Å². The van der Waals surface area contributed by atoms with E-state index in [1.165, 1.54) is 11.9 Å². The maximum absolute atomic E-state index is 11.6. The van der Waals surface area contributed by atoms with Crippen LogP contribution in [0.15, 0.2) is 0 Å². The zero-order chi connectivity index (χ0) is 12.3. The van der Waals surface area contributed by atoms with Crippen LogP contribution in [0.1, 0.15) is 19.8 Å². The Morgan fingerprint density at radius 3 is 2.56 bits per heavy atom. The zero-order valence-electron chi connectivity index (χ0n) is 10.5. The summed E-state index contributed by atoms with van der Waals surface area (Å²) in [6.07, 6.45) is 1.26. The fraction of sp³-hybridized carbons (Fsp3) is 0.818. The molecule has 5 nitrogen and oxygen atoms in total. The Morgan fingerprint density at radius 2 is 2.12 bits per heavy atom. The topological polar surface area (TPSA) is 52.7 Å². The molecule has 0 bridgehead atoms. The van der Waals surface area contributed by atoms with Crippen molar-refractivity contribution in [2.24, 2.45) is 0 Å². The van der Waals surface area contributed by atoms with Gasteiger partial charge in [0.1, 0.15) is 0 Å². The summed E-state index contributed by atoms with van der Waals surface area (Å²) in [6.45, 7) is 3.01. The molecule has 1 heterocycles. The van der Waals surface area contributed by atoms with Gasteiger partial charge in [-0.2, -0.15) is 0 Å². The number of hydrogen-bond donors (Lipinski definition) is 1. The molecular weight excluding hydrogens is 206 g/mol. The fourth-order valence-electron chi connectivity index (χ4n) is 1.76. The Balaban J connectivity index is 2.37. The molecule has 2 unspecified atom stereocenters. The summed E-state index contributed by atoms with van der Waals surface area (Å²) >= 11 is 0. The number of likely N-dealkylation sites (tertiary alicyclic amines) is 1. The lowest BCUT2D eigenvalue weighted by Gasteiger charge is -2.19. The lowest BCUT2D eigenvalue weighted by Crippen LogP contribution is -2.42. The summed E-state index contributed by atoms with van der Waals surface area (Å²) in [7, 11) is 5.58. The molecule has 2 amide bonds. The minimum Gasteiger partial charge on any atom is -0.309 e. The minimum absolute atomic E-state index is 0.0951. The smallest absolute Gasteiger partial charge is 0.246 e. The van der Waals surface area contributed by atoms with Crippen LogP contribution in [0, 0.1) is 0 Å². The Bertz CT molecular complexity index is 278. The van der Waals surface area contributed by atoms with E-state index in [1.54, 1.807) is 0 Å². The number of hydrogen-bond acceptors (Lipinski definition) is 4. The molecule has 1 saturated heterocycles. The maximum atomic E-state index is 11.6. The molecule has 1 N–H and O–H groups in total. The Morgan fingerprint density at radius 1 is 1.50 bits per heavy atom. The van der Waals surface area contributed by atoms with Crippen LogP contribution in [0.4, 0.5) is 0 Å². The van der Waals surface area contributed by atoms with E-state index in [2.05, 4.69) is 10.2 Å². The third-order valence-electron chi connectivity index (χ3n) is 2.88. The lowest BCUT2D eigenvalue weighted by molar-refractivity contribution is -0.137. The van der Waals surface area contributed by atoms with Gasteiger partial charge in [-0.25, -0.2) is 0 Å². The Labute approximate surface area is 96.8 Å². The first-order valence-corrected chi connectivity index (χ1v) is 5.63. The van der Waals surface area contributed by atoms with E-state index in [1.807, 2.05) is 21.0 Å². The van der Waals surface area contributed by atoms with Crippen LogP contribution in [0.3, 0.4) is 0 Å². The monoisotopic (exact) mass is 227 g/mol. The van der Waals surface area contributed by atoms with Crippen molar-refractivity contribution in [2.75, 3.05) is 27.7 Å².